The Kier molecular flexibility index (Phi) is 4.79. The second-order valence-electron chi connectivity index (χ2n) is 3.99. The molecule has 0 spiro atoms. The van der Waals surface area contributed by atoms with Crippen molar-refractivity contribution in [3.05, 3.63) is 34.4 Å². The van der Waals surface area contributed by atoms with E-state index in [0.717, 1.165) is 16.7 Å². The van der Waals surface area contributed by atoms with Gasteiger partial charge in [0.05, 0.1) is 12.1 Å². The average molecular weight is 269 g/mol. The minimum atomic E-state index is -0.394. The SMILES string of the molecule is C=CCc1c(Cl)c(OC(C)=O)c(C)c(C)c1OC. The third-order valence-corrected chi connectivity index (χ3v) is 3.18. The lowest BCUT2D eigenvalue weighted by Gasteiger charge is -2.18. The number of carbonyl (C=O) groups excluding carboxylic acids is 1. The van der Waals surface area contributed by atoms with E-state index in [0.29, 0.717) is 22.9 Å². The van der Waals surface area contributed by atoms with Crippen molar-refractivity contribution in [1.82, 2.24) is 0 Å². The topological polar surface area (TPSA) is 35.5 Å². The summed E-state index contributed by atoms with van der Waals surface area (Å²) in [4.78, 5) is 11.1. The molecule has 1 aromatic rings. The molecule has 4 heteroatoms. The third-order valence-electron chi connectivity index (χ3n) is 2.78. The summed E-state index contributed by atoms with van der Waals surface area (Å²) in [6, 6.07) is 0. The molecule has 18 heavy (non-hydrogen) atoms. The van der Waals surface area contributed by atoms with Crippen LogP contribution in [0.2, 0.25) is 5.02 Å². The molecular formula is C14H17ClO3. The van der Waals surface area contributed by atoms with Gasteiger partial charge in [0, 0.05) is 12.5 Å². The fourth-order valence-corrected chi connectivity index (χ4v) is 2.18. The molecule has 0 radical (unpaired) electrons. The van der Waals surface area contributed by atoms with E-state index in [1.54, 1.807) is 13.2 Å². The molecule has 0 aliphatic carbocycles. The van der Waals surface area contributed by atoms with Gasteiger partial charge >= 0.3 is 5.97 Å². The maximum Gasteiger partial charge on any atom is 0.308 e. The highest BCUT2D eigenvalue weighted by Crippen LogP contribution is 2.41. The minimum absolute atomic E-state index is 0.394. The van der Waals surface area contributed by atoms with Gasteiger partial charge in [0.15, 0.2) is 5.75 Å². The molecule has 0 unspecified atom stereocenters. The average Bonchev–Trinajstić information content (AvgIpc) is 2.32. The lowest BCUT2D eigenvalue weighted by molar-refractivity contribution is -0.131. The number of esters is 1. The number of benzene rings is 1. The van der Waals surface area contributed by atoms with Crippen molar-refractivity contribution in [3.8, 4) is 11.5 Å². The van der Waals surface area contributed by atoms with Crippen LogP contribution in [0.3, 0.4) is 0 Å². The molecule has 0 N–H and O–H groups in total. The molecule has 0 saturated carbocycles. The molecule has 0 amide bonds. The highest BCUT2D eigenvalue weighted by molar-refractivity contribution is 6.33. The number of carbonyl (C=O) groups is 1. The first-order chi connectivity index (χ1) is 8.43. The van der Waals surface area contributed by atoms with Crippen molar-refractivity contribution in [3.63, 3.8) is 0 Å². The Morgan fingerprint density at radius 2 is 1.89 bits per heavy atom. The van der Waals surface area contributed by atoms with Gasteiger partial charge < -0.3 is 9.47 Å². The van der Waals surface area contributed by atoms with Crippen molar-refractivity contribution in [2.24, 2.45) is 0 Å². The van der Waals surface area contributed by atoms with E-state index in [4.69, 9.17) is 21.1 Å². The number of methoxy groups -OCH3 is 1. The van der Waals surface area contributed by atoms with Crippen molar-refractivity contribution in [1.29, 1.82) is 0 Å². The van der Waals surface area contributed by atoms with E-state index in [9.17, 15) is 4.79 Å². The van der Waals surface area contributed by atoms with Crippen LogP contribution in [0.5, 0.6) is 11.5 Å². The third kappa shape index (κ3) is 2.67. The van der Waals surface area contributed by atoms with Crippen LogP contribution in [0.4, 0.5) is 0 Å². The lowest BCUT2D eigenvalue weighted by atomic mass is 10.0. The quantitative estimate of drug-likeness (QED) is 0.475. The zero-order valence-electron chi connectivity index (χ0n) is 11.1. The molecule has 0 atom stereocenters. The van der Waals surface area contributed by atoms with Gasteiger partial charge in [-0.05, 0) is 31.4 Å². The first-order valence-electron chi connectivity index (χ1n) is 5.58. The molecule has 1 aromatic carbocycles. The molecule has 0 heterocycles. The Labute approximate surface area is 112 Å². The summed E-state index contributed by atoms with van der Waals surface area (Å²) >= 11 is 6.29. The Balaban J connectivity index is 3.54. The molecule has 0 aliphatic rings. The molecule has 98 valence electrons. The fraction of sp³-hybridized carbons (Fsp3) is 0.357. The highest BCUT2D eigenvalue weighted by Gasteiger charge is 2.20. The highest BCUT2D eigenvalue weighted by atomic mass is 35.5. The maximum absolute atomic E-state index is 11.1. The normalized spacial score (nSPS) is 10.1. The van der Waals surface area contributed by atoms with Gasteiger partial charge in [0.25, 0.3) is 0 Å². The predicted molar refractivity (Wildman–Crippen MR) is 72.7 cm³/mol. The summed E-state index contributed by atoms with van der Waals surface area (Å²) in [6.07, 6.45) is 2.29. The lowest BCUT2D eigenvalue weighted by Crippen LogP contribution is -2.07. The molecule has 0 saturated heterocycles. The smallest absolute Gasteiger partial charge is 0.308 e. The van der Waals surface area contributed by atoms with Crippen LogP contribution in [0, 0.1) is 13.8 Å². The van der Waals surface area contributed by atoms with Gasteiger partial charge in [0.1, 0.15) is 5.75 Å². The molecule has 0 aliphatic heterocycles. The number of halogens is 1. The molecular weight excluding hydrogens is 252 g/mol. The molecule has 0 fully saturated rings. The van der Waals surface area contributed by atoms with Crippen LogP contribution in [-0.2, 0) is 11.2 Å². The monoisotopic (exact) mass is 268 g/mol. The standard InChI is InChI=1S/C14H17ClO3/c1-6-7-11-12(15)14(18-10(4)16)9(3)8(2)13(11)17-5/h6H,1,7H2,2-5H3. The largest absolute Gasteiger partial charge is 0.496 e. The minimum Gasteiger partial charge on any atom is -0.496 e. The summed E-state index contributed by atoms with van der Waals surface area (Å²) in [5.41, 5.74) is 2.50. The van der Waals surface area contributed by atoms with Gasteiger partial charge in [-0.25, -0.2) is 0 Å². The second kappa shape index (κ2) is 5.91. The summed E-state index contributed by atoms with van der Waals surface area (Å²) in [5.74, 6) is 0.724. The Morgan fingerprint density at radius 3 is 2.33 bits per heavy atom. The van der Waals surface area contributed by atoms with E-state index in [-0.39, 0.29) is 0 Å². The Hall–Kier alpha value is -1.48. The first-order valence-corrected chi connectivity index (χ1v) is 5.96. The van der Waals surface area contributed by atoms with Crippen molar-refractivity contribution < 1.29 is 14.3 Å². The summed E-state index contributed by atoms with van der Waals surface area (Å²) in [6.45, 7) is 8.80. The molecule has 3 nitrogen and oxygen atoms in total. The molecule has 0 aromatic heterocycles. The van der Waals surface area contributed by atoms with E-state index in [1.807, 2.05) is 13.8 Å². The fourth-order valence-electron chi connectivity index (χ4n) is 1.84. The van der Waals surface area contributed by atoms with Crippen LogP contribution in [-0.4, -0.2) is 13.1 Å². The number of ether oxygens (including phenoxy) is 2. The van der Waals surface area contributed by atoms with Crippen LogP contribution < -0.4 is 9.47 Å². The number of rotatable bonds is 4. The number of hydrogen-bond donors (Lipinski definition) is 0. The summed E-state index contributed by atoms with van der Waals surface area (Å²) in [7, 11) is 1.59. The zero-order valence-corrected chi connectivity index (χ0v) is 11.9. The van der Waals surface area contributed by atoms with Crippen LogP contribution >= 0.6 is 11.6 Å². The van der Waals surface area contributed by atoms with Gasteiger partial charge in [-0.3, -0.25) is 4.79 Å². The van der Waals surface area contributed by atoms with E-state index in [1.165, 1.54) is 6.92 Å². The molecule has 0 bridgehead atoms. The van der Waals surface area contributed by atoms with Crippen LogP contribution in [0.1, 0.15) is 23.6 Å². The van der Waals surface area contributed by atoms with Gasteiger partial charge in [-0.2, -0.15) is 0 Å². The number of hydrogen-bond acceptors (Lipinski definition) is 3. The first kappa shape index (κ1) is 14.6. The van der Waals surface area contributed by atoms with Crippen molar-refractivity contribution in [2.45, 2.75) is 27.2 Å². The summed E-state index contributed by atoms with van der Waals surface area (Å²) in [5, 5.41) is 0.407. The van der Waals surface area contributed by atoms with E-state index >= 15 is 0 Å². The van der Waals surface area contributed by atoms with E-state index in [2.05, 4.69) is 6.58 Å². The zero-order chi connectivity index (χ0) is 13.9. The molecule has 1 rings (SSSR count). The Bertz CT molecular complexity index is 493. The van der Waals surface area contributed by atoms with Gasteiger partial charge in [-0.15, -0.1) is 6.58 Å². The second-order valence-corrected chi connectivity index (χ2v) is 4.37. The maximum atomic E-state index is 11.1. The van der Waals surface area contributed by atoms with Gasteiger partial charge in [0.2, 0.25) is 0 Å². The van der Waals surface area contributed by atoms with Crippen molar-refractivity contribution in [2.75, 3.05) is 7.11 Å². The number of allylic oxidation sites excluding steroid dienone is 1. The summed E-state index contributed by atoms with van der Waals surface area (Å²) < 4.78 is 10.6. The Morgan fingerprint density at radius 1 is 1.33 bits per heavy atom. The van der Waals surface area contributed by atoms with Gasteiger partial charge in [-0.1, -0.05) is 17.7 Å². The van der Waals surface area contributed by atoms with Crippen LogP contribution in [0.25, 0.3) is 0 Å². The van der Waals surface area contributed by atoms with Crippen LogP contribution in [0.15, 0.2) is 12.7 Å². The van der Waals surface area contributed by atoms with E-state index < -0.39 is 5.97 Å². The van der Waals surface area contributed by atoms with Crippen molar-refractivity contribution >= 4 is 17.6 Å². The predicted octanol–water partition coefficient (Wildman–Crippen LogP) is 3.62.